The van der Waals surface area contributed by atoms with Crippen LogP contribution in [0.3, 0.4) is 0 Å². The third-order valence-electron chi connectivity index (χ3n) is 13.9. The molecule has 2 N–H and O–H groups in total. The van der Waals surface area contributed by atoms with E-state index in [1.807, 2.05) is 6.07 Å². The molecule has 5 heteroatoms. The van der Waals surface area contributed by atoms with E-state index in [1.165, 1.54) is 44.6 Å². The lowest BCUT2D eigenvalue weighted by Crippen LogP contribution is -2.30. The van der Waals surface area contributed by atoms with Gasteiger partial charge in [-0.3, -0.25) is 4.99 Å². The fourth-order valence-corrected chi connectivity index (χ4v) is 10.6. The van der Waals surface area contributed by atoms with Crippen molar-refractivity contribution in [3.63, 3.8) is 0 Å². The van der Waals surface area contributed by atoms with Crippen molar-refractivity contribution >= 4 is 45.0 Å². The van der Waals surface area contributed by atoms with Gasteiger partial charge in [-0.15, -0.1) is 0 Å². The first-order chi connectivity index (χ1) is 33.7. The van der Waals surface area contributed by atoms with Gasteiger partial charge < -0.3 is 20.1 Å². The molecule has 13 rings (SSSR count). The maximum absolute atomic E-state index is 5.21. The Hall–Kier alpha value is -8.67. The summed E-state index contributed by atoms with van der Waals surface area (Å²) in [4.78, 5) is 7.70. The second kappa shape index (κ2) is 16.6. The summed E-state index contributed by atoms with van der Waals surface area (Å²) in [6.07, 6.45) is 21.7. The van der Waals surface area contributed by atoms with Crippen LogP contribution in [-0.4, -0.2) is 16.3 Å². The average molecular weight is 874 g/mol. The summed E-state index contributed by atoms with van der Waals surface area (Å²) < 4.78 is 2.51. The molecular formula is C63H47N5. The van der Waals surface area contributed by atoms with Crippen LogP contribution in [0.2, 0.25) is 0 Å². The summed E-state index contributed by atoms with van der Waals surface area (Å²) in [5, 5.41) is 8.78. The molecule has 2 atom stereocenters. The number of para-hydroxylation sites is 2. The van der Waals surface area contributed by atoms with E-state index in [2.05, 4.69) is 251 Å². The normalized spacial score (nSPS) is 17.9. The van der Waals surface area contributed by atoms with E-state index in [-0.39, 0.29) is 12.2 Å². The Morgan fingerprint density at radius 3 is 2.13 bits per heavy atom. The summed E-state index contributed by atoms with van der Waals surface area (Å²) in [5.41, 5.74) is 22.3. The molecular weight excluding hydrogens is 827 g/mol. The van der Waals surface area contributed by atoms with E-state index in [1.54, 1.807) is 0 Å². The van der Waals surface area contributed by atoms with Gasteiger partial charge in [0.1, 0.15) is 6.17 Å². The first-order valence-corrected chi connectivity index (χ1v) is 23.7. The highest BCUT2D eigenvalue weighted by Gasteiger charge is 2.33. The summed E-state index contributed by atoms with van der Waals surface area (Å²) >= 11 is 0. The zero-order valence-corrected chi connectivity index (χ0v) is 37.4. The first kappa shape index (κ1) is 39.7. The molecule has 8 aromatic rings. The van der Waals surface area contributed by atoms with Crippen LogP contribution in [-0.2, 0) is 0 Å². The fraction of sp³-hybridized carbons (Fsp3) is 0.0635. The van der Waals surface area contributed by atoms with Gasteiger partial charge in [0.2, 0.25) is 0 Å². The van der Waals surface area contributed by atoms with Gasteiger partial charge in [0.05, 0.1) is 28.7 Å². The third kappa shape index (κ3) is 6.90. The number of aromatic nitrogens is 1. The molecule has 4 heterocycles. The van der Waals surface area contributed by atoms with Gasteiger partial charge in [0.25, 0.3) is 0 Å². The number of aliphatic imine (C=N–C) groups is 1. The highest BCUT2D eigenvalue weighted by molar-refractivity contribution is 6.13. The standard InChI is InChI=1S/C63H47N5/c1-3-16-44(17-4-1)56-41-57(45-18-5-2-6-19-45)66-63(65-56)47-32-30-42(31-33-47)43-34-37-49(38-35-43)67-58-27-12-8-23-51(58)61-52-24-9-13-28-59(52)68(62(61)53-25-10-14-29-60(53)67)50-22-15-21-48(40-50)55-39-36-46-20-7-11-26-54(46)64-55/h1-7,9-22,24-41,54,63-65H,8,23H2. The molecule has 68 heavy (non-hydrogen) atoms. The molecule has 0 bridgehead atoms. The Kier molecular flexibility index (Phi) is 9.71. The number of benzene rings is 7. The molecule has 1 aromatic heterocycles. The zero-order valence-electron chi connectivity index (χ0n) is 37.4. The van der Waals surface area contributed by atoms with Crippen molar-refractivity contribution in [3.8, 4) is 28.1 Å². The molecule has 0 saturated carbocycles. The van der Waals surface area contributed by atoms with E-state index < -0.39 is 0 Å². The predicted octanol–water partition coefficient (Wildman–Crippen LogP) is 14.7. The number of hydrogen-bond acceptors (Lipinski definition) is 4. The lowest BCUT2D eigenvalue weighted by Gasteiger charge is -2.30. The summed E-state index contributed by atoms with van der Waals surface area (Å²) in [6, 6.07) is 66.1. The van der Waals surface area contributed by atoms with Crippen molar-refractivity contribution in [2.24, 2.45) is 4.99 Å². The monoisotopic (exact) mass is 873 g/mol. The molecule has 0 fully saturated rings. The number of fused-ring (bicyclic) bond motifs is 7. The Balaban J connectivity index is 0.867. The Morgan fingerprint density at radius 1 is 0.559 bits per heavy atom. The highest BCUT2D eigenvalue weighted by Crippen LogP contribution is 2.52. The van der Waals surface area contributed by atoms with E-state index in [4.69, 9.17) is 4.99 Å². The van der Waals surface area contributed by atoms with Crippen molar-refractivity contribution in [2.75, 3.05) is 4.90 Å². The number of rotatable bonds is 7. The lowest BCUT2D eigenvalue weighted by molar-refractivity contribution is 0.664. The van der Waals surface area contributed by atoms with Crippen molar-refractivity contribution in [3.05, 3.63) is 276 Å². The molecule has 2 aliphatic carbocycles. The molecule has 0 saturated heterocycles. The lowest BCUT2D eigenvalue weighted by atomic mass is 9.92. The Labute approximate surface area is 397 Å². The molecule has 3 aliphatic heterocycles. The summed E-state index contributed by atoms with van der Waals surface area (Å²) in [5.74, 6) is 0. The molecule has 324 valence electrons. The van der Waals surface area contributed by atoms with Crippen LogP contribution in [0.25, 0.3) is 55.9 Å². The number of allylic oxidation sites excluding steroid dienone is 8. The minimum atomic E-state index is -0.220. The van der Waals surface area contributed by atoms with Crippen molar-refractivity contribution in [1.29, 1.82) is 0 Å². The van der Waals surface area contributed by atoms with Gasteiger partial charge in [-0.25, -0.2) is 0 Å². The number of dihydropyridines is 1. The van der Waals surface area contributed by atoms with Crippen molar-refractivity contribution in [2.45, 2.75) is 25.0 Å². The van der Waals surface area contributed by atoms with Crippen LogP contribution in [0.1, 0.15) is 46.8 Å². The minimum Gasteiger partial charge on any atom is -0.374 e. The van der Waals surface area contributed by atoms with E-state index >= 15 is 0 Å². The average Bonchev–Trinajstić information content (AvgIpc) is 3.70. The first-order valence-electron chi connectivity index (χ1n) is 23.7. The Morgan fingerprint density at radius 2 is 1.29 bits per heavy atom. The SMILES string of the molecule is C1=CC2=CC=C(c3cccc(-n4c5c(c6ccccc64)C4=C(C=CCC4)N(c4ccc(-c6ccc(C7N=C(c8ccccc8)C=C(c8ccccc8)N7)cc6)cc4)c4ccccc4-5)c3)NC2C=C1. The molecule has 5 aliphatic rings. The van der Waals surface area contributed by atoms with Crippen LogP contribution in [0.4, 0.5) is 11.4 Å². The number of hydrogen-bond donors (Lipinski definition) is 2. The van der Waals surface area contributed by atoms with Gasteiger partial charge >= 0.3 is 0 Å². The number of nitrogens with one attached hydrogen (secondary N) is 2. The largest absolute Gasteiger partial charge is 0.374 e. The number of anilines is 2. The minimum absolute atomic E-state index is 0.171. The molecule has 7 aromatic carbocycles. The predicted molar refractivity (Wildman–Crippen MR) is 283 cm³/mol. The second-order valence-electron chi connectivity index (χ2n) is 17.9. The van der Waals surface area contributed by atoms with Crippen LogP contribution in [0.15, 0.2) is 253 Å². The van der Waals surface area contributed by atoms with Crippen LogP contribution in [0.5, 0.6) is 0 Å². The third-order valence-corrected chi connectivity index (χ3v) is 13.9. The van der Waals surface area contributed by atoms with E-state index in [9.17, 15) is 0 Å². The molecule has 2 unspecified atom stereocenters. The number of nitrogens with zero attached hydrogens (tertiary/aromatic N) is 3. The second-order valence-corrected chi connectivity index (χ2v) is 17.9. The van der Waals surface area contributed by atoms with E-state index in [0.717, 1.165) is 80.4 Å². The van der Waals surface area contributed by atoms with Gasteiger partial charge in [0, 0.05) is 45.0 Å². The van der Waals surface area contributed by atoms with Gasteiger partial charge in [-0.2, -0.15) is 0 Å². The molecule has 0 radical (unpaired) electrons. The smallest absolute Gasteiger partial charge is 0.145 e. The highest BCUT2D eigenvalue weighted by atomic mass is 15.2. The summed E-state index contributed by atoms with van der Waals surface area (Å²) in [6.45, 7) is 0. The fourth-order valence-electron chi connectivity index (χ4n) is 10.6. The maximum atomic E-state index is 5.21. The van der Waals surface area contributed by atoms with Crippen molar-refractivity contribution < 1.29 is 0 Å². The van der Waals surface area contributed by atoms with Crippen LogP contribution >= 0.6 is 0 Å². The Bertz CT molecular complexity index is 3540. The molecule has 0 amide bonds. The van der Waals surface area contributed by atoms with Crippen molar-refractivity contribution in [1.82, 2.24) is 15.2 Å². The van der Waals surface area contributed by atoms with Gasteiger partial charge in [-0.1, -0.05) is 182 Å². The zero-order chi connectivity index (χ0) is 45.0. The maximum Gasteiger partial charge on any atom is 0.145 e. The van der Waals surface area contributed by atoms with E-state index in [0.29, 0.717) is 0 Å². The van der Waals surface area contributed by atoms with Crippen LogP contribution in [0, 0.1) is 0 Å². The summed E-state index contributed by atoms with van der Waals surface area (Å²) in [7, 11) is 0. The molecule has 0 spiro atoms. The topological polar surface area (TPSA) is 44.6 Å². The molecule has 5 nitrogen and oxygen atoms in total. The quantitative estimate of drug-likeness (QED) is 0.168. The van der Waals surface area contributed by atoms with Gasteiger partial charge in [-0.05, 0) is 112 Å². The van der Waals surface area contributed by atoms with Gasteiger partial charge in [0.15, 0.2) is 0 Å². The van der Waals surface area contributed by atoms with Crippen LogP contribution < -0.4 is 15.5 Å².